The van der Waals surface area contributed by atoms with Crippen molar-refractivity contribution in [2.75, 3.05) is 47.4 Å². The lowest BCUT2D eigenvalue weighted by atomic mass is 10.1. The summed E-state index contributed by atoms with van der Waals surface area (Å²) in [5.41, 5.74) is 1.30. The average Bonchev–Trinajstić information content (AvgIpc) is 3.16. The zero-order valence-electron chi connectivity index (χ0n) is 28.8. The van der Waals surface area contributed by atoms with Crippen LogP contribution in [0, 0.1) is 0 Å². The maximum atomic E-state index is 13.2. The number of anilines is 4. The Balaban J connectivity index is 1.10. The Morgan fingerprint density at radius 3 is 1.26 bits per heavy atom. The van der Waals surface area contributed by atoms with Gasteiger partial charge in [-0.2, -0.15) is 0 Å². The number of phenolic OH excluding ortho intramolecular Hbond substituents is 2. The standard InChI is InChI=1S/C38H34N4O10S2/c1-51-37(45)33-21-29(9-13-35(33)43)41-53(47,48)31-11-5-23-3-7-27(17-25(23)19-31)39-15-16-40-28-8-4-24-6-12-32(20-26(24)18-28)54(49,50)42-30-10-14-36(44)34(22-30)38(46)52-2/h3-14,17-22,39-44H,15-16H2,1-2H3. The van der Waals surface area contributed by atoms with Crippen LogP contribution in [-0.4, -0.2) is 66.3 Å². The molecule has 16 heteroatoms. The van der Waals surface area contributed by atoms with Gasteiger partial charge in [-0.05, 0) is 106 Å². The Labute approximate surface area is 310 Å². The van der Waals surface area contributed by atoms with Gasteiger partial charge >= 0.3 is 11.9 Å². The third-order valence-corrected chi connectivity index (χ3v) is 11.1. The maximum absolute atomic E-state index is 13.2. The van der Waals surface area contributed by atoms with E-state index in [0.29, 0.717) is 23.9 Å². The summed E-state index contributed by atoms with van der Waals surface area (Å²) < 4.78 is 67.0. The minimum atomic E-state index is -4.05. The molecule has 0 fully saturated rings. The second-order valence-electron chi connectivity index (χ2n) is 12.0. The highest BCUT2D eigenvalue weighted by atomic mass is 32.2. The molecule has 0 atom stereocenters. The fourth-order valence-electron chi connectivity index (χ4n) is 5.59. The van der Waals surface area contributed by atoms with E-state index in [-0.39, 0.29) is 43.8 Å². The number of carbonyl (C=O) groups excluding carboxylic acids is 2. The molecule has 0 heterocycles. The fourth-order valence-corrected chi connectivity index (χ4v) is 7.76. The summed E-state index contributed by atoms with van der Waals surface area (Å²) >= 11 is 0. The number of carbonyl (C=O) groups is 2. The Hall–Kier alpha value is -6.52. The van der Waals surface area contributed by atoms with Crippen molar-refractivity contribution < 1.29 is 46.1 Å². The van der Waals surface area contributed by atoms with Crippen LogP contribution in [0.1, 0.15) is 20.7 Å². The number of sulfonamides is 2. The van der Waals surface area contributed by atoms with Gasteiger partial charge in [0.15, 0.2) is 0 Å². The molecule has 6 aromatic rings. The van der Waals surface area contributed by atoms with Crippen LogP contribution < -0.4 is 20.1 Å². The van der Waals surface area contributed by atoms with Crippen LogP contribution in [0.2, 0.25) is 0 Å². The van der Waals surface area contributed by atoms with Gasteiger partial charge in [0.1, 0.15) is 22.6 Å². The van der Waals surface area contributed by atoms with Crippen LogP contribution in [0.3, 0.4) is 0 Å². The van der Waals surface area contributed by atoms with Gasteiger partial charge in [0.05, 0.1) is 24.0 Å². The average molecular weight is 771 g/mol. The molecule has 0 amide bonds. The van der Waals surface area contributed by atoms with Crippen molar-refractivity contribution in [2.45, 2.75) is 9.79 Å². The Morgan fingerprint density at radius 2 is 0.870 bits per heavy atom. The first-order chi connectivity index (χ1) is 25.8. The summed E-state index contributed by atoms with van der Waals surface area (Å²) in [4.78, 5) is 23.9. The molecule has 14 nitrogen and oxygen atoms in total. The van der Waals surface area contributed by atoms with Crippen LogP contribution >= 0.6 is 0 Å². The van der Waals surface area contributed by atoms with Crippen molar-refractivity contribution in [2.24, 2.45) is 0 Å². The molecule has 6 rings (SSSR count). The molecule has 278 valence electrons. The number of methoxy groups -OCH3 is 2. The number of esters is 2. The van der Waals surface area contributed by atoms with Crippen LogP contribution in [-0.2, 0) is 29.5 Å². The molecule has 6 aromatic carbocycles. The molecule has 0 saturated carbocycles. The van der Waals surface area contributed by atoms with Gasteiger partial charge in [-0.25, -0.2) is 26.4 Å². The number of phenols is 2. The Kier molecular flexibility index (Phi) is 10.5. The quantitative estimate of drug-likeness (QED) is 0.0447. The van der Waals surface area contributed by atoms with E-state index in [9.17, 15) is 36.6 Å². The van der Waals surface area contributed by atoms with E-state index in [1.807, 2.05) is 36.4 Å². The van der Waals surface area contributed by atoms with E-state index < -0.39 is 32.0 Å². The Morgan fingerprint density at radius 1 is 0.500 bits per heavy atom. The number of hydrogen-bond acceptors (Lipinski definition) is 12. The van der Waals surface area contributed by atoms with Gasteiger partial charge in [-0.3, -0.25) is 9.44 Å². The smallest absolute Gasteiger partial charge is 0.341 e. The van der Waals surface area contributed by atoms with E-state index in [0.717, 1.165) is 36.4 Å². The predicted molar refractivity (Wildman–Crippen MR) is 205 cm³/mol. The molecule has 0 aliphatic heterocycles. The summed E-state index contributed by atoms with van der Waals surface area (Å²) in [5.74, 6) is -2.31. The van der Waals surface area contributed by atoms with E-state index in [2.05, 4.69) is 29.6 Å². The van der Waals surface area contributed by atoms with Crippen molar-refractivity contribution in [3.8, 4) is 11.5 Å². The number of hydrogen-bond donors (Lipinski definition) is 6. The molecule has 0 bridgehead atoms. The molecule has 0 spiro atoms. The molecule has 0 aliphatic carbocycles. The SMILES string of the molecule is COC(=O)c1cc(NS(=O)(=O)c2ccc3ccc(NCCNc4ccc5ccc(S(=O)(=O)Nc6ccc(O)c(C(=O)OC)c6)cc5c4)cc3c2)ccc1O. The van der Waals surface area contributed by atoms with Crippen LogP contribution in [0.25, 0.3) is 21.5 Å². The number of rotatable bonds is 13. The second-order valence-corrected chi connectivity index (χ2v) is 15.3. The van der Waals surface area contributed by atoms with E-state index >= 15 is 0 Å². The number of benzene rings is 6. The zero-order valence-corrected chi connectivity index (χ0v) is 30.4. The molecular weight excluding hydrogens is 737 g/mol. The van der Waals surface area contributed by atoms with Gasteiger partial charge < -0.3 is 30.3 Å². The van der Waals surface area contributed by atoms with Gasteiger partial charge in [-0.15, -0.1) is 0 Å². The van der Waals surface area contributed by atoms with Crippen molar-refractivity contribution in [1.29, 1.82) is 0 Å². The molecule has 6 N–H and O–H groups in total. The van der Waals surface area contributed by atoms with Crippen LogP contribution in [0.4, 0.5) is 22.7 Å². The summed E-state index contributed by atoms with van der Waals surface area (Å²) in [7, 11) is -5.80. The van der Waals surface area contributed by atoms with Crippen molar-refractivity contribution >= 4 is 76.3 Å². The van der Waals surface area contributed by atoms with E-state index in [1.54, 1.807) is 12.1 Å². The summed E-state index contributed by atoms with van der Waals surface area (Å²) in [6.45, 7) is 0.982. The van der Waals surface area contributed by atoms with Crippen molar-refractivity contribution in [1.82, 2.24) is 0 Å². The van der Waals surface area contributed by atoms with Crippen LogP contribution in [0.5, 0.6) is 11.5 Å². The first-order valence-corrected chi connectivity index (χ1v) is 19.2. The summed E-state index contributed by atoms with van der Waals surface area (Å²) in [6, 6.07) is 28.0. The van der Waals surface area contributed by atoms with Crippen molar-refractivity contribution in [3.05, 3.63) is 120 Å². The lowest BCUT2D eigenvalue weighted by Gasteiger charge is -2.13. The van der Waals surface area contributed by atoms with E-state index in [4.69, 9.17) is 0 Å². The highest BCUT2D eigenvalue weighted by molar-refractivity contribution is 7.93. The van der Waals surface area contributed by atoms with Gasteiger partial charge in [-0.1, -0.05) is 24.3 Å². The predicted octanol–water partition coefficient (Wildman–Crippen LogP) is 6.10. The first kappa shape index (κ1) is 37.2. The third-order valence-electron chi connectivity index (χ3n) is 8.34. The minimum absolute atomic E-state index is 0.00221. The van der Waals surface area contributed by atoms with Crippen LogP contribution in [0.15, 0.2) is 119 Å². The normalized spacial score (nSPS) is 11.5. The molecule has 0 radical (unpaired) electrons. The molecule has 54 heavy (non-hydrogen) atoms. The minimum Gasteiger partial charge on any atom is -0.507 e. The summed E-state index contributed by atoms with van der Waals surface area (Å²) in [5, 5.41) is 29.5. The fraction of sp³-hybridized carbons (Fsp3) is 0.105. The largest absolute Gasteiger partial charge is 0.507 e. The number of fused-ring (bicyclic) bond motifs is 2. The second kappa shape index (κ2) is 15.2. The monoisotopic (exact) mass is 770 g/mol. The zero-order chi connectivity index (χ0) is 38.6. The number of nitrogens with one attached hydrogen (secondary N) is 4. The van der Waals surface area contributed by atoms with Crippen molar-refractivity contribution in [3.63, 3.8) is 0 Å². The number of aromatic hydroxyl groups is 2. The lowest BCUT2D eigenvalue weighted by molar-refractivity contribution is 0.0588. The molecule has 0 aromatic heterocycles. The van der Waals surface area contributed by atoms with Gasteiger partial charge in [0.25, 0.3) is 20.0 Å². The first-order valence-electron chi connectivity index (χ1n) is 16.2. The molecule has 0 aliphatic rings. The highest BCUT2D eigenvalue weighted by Crippen LogP contribution is 2.29. The van der Waals surface area contributed by atoms with E-state index in [1.165, 1.54) is 60.7 Å². The summed E-state index contributed by atoms with van der Waals surface area (Å²) in [6.07, 6.45) is 0. The third kappa shape index (κ3) is 8.24. The maximum Gasteiger partial charge on any atom is 0.341 e. The Bertz CT molecular complexity index is 2470. The highest BCUT2D eigenvalue weighted by Gasteiger charge is 2.20. The molecule has 0 unspecified atom stereocenters. The van der Waals surface area contributed by atoms with Gasteiger partial charge in [0.2, 0.25) is 0 Å². The number of ether oxygens (including phenoxy) is 2. The van der Waals surface area contributed by atoms with Gasteiger partial charge in [0, 0.05) is 35.8 Å². The lowest BCUT2D eigenvalue weighted by Crippen LogP contribution is -2.14. The topological polar surface area (TPSA) is 209 Å². The molecule has 0 saturated heterocycles. The molecular formula is C38H34N4O10S2.